The smallest absolute Gasteiger partial charge is 0.418 e. The van der Waals surface area contributed by atoms with Crippen LogP contribution in [0.1, 0.15) is 53.9 Å². The maximum absolute atomic E-state index is 12.4. The van der Waals surface area contributed by atoms with E-state index >= 15 is 0 Å². The molecule has 2 aromatic rings. The minimum Gasteiger partial charge on any atom is -0.473 e. The number of carboxylic acids is 1. The van der Waals surface area contributed by atoms with Crippen molar-refractivity contribution in [1.82, 2.24) is 4.90 Å². The van der Waals surface area contributed by atoms with Gasteiger partial charge >= 0.3 is 11.9 Å². The summed E-state index contributed by atoms with van der Waals surface area (Å²) in [5.41, 5.74) is 3.32. The Morgan fingerprint density at radius 2 is 1.83 bits per heavy atom. The van der Waals surface area contributed by atoms with Crippen molar-refractivity contribution in [1.29, 1.82) is 0 Å². The van der Waals surface area contributed by atoms with Gasteiger partial charge in [-0.15, -0.1) is 0 Å². The number of rotatable bonds is 6. The van der Waals surface area contributed by atoms with E-state index in [4.69, 9.17) is 4.74 Å². The van der Waals surface area contributed by atoms with Crippen molar-refractivity contribution in [2.45, 2.75) is 50.5 Å². The van der Waals surface area contributed by atoms with Crippen LogP contribution in [0.3, 0.4) is 0 Å². The Bertz CT molecular complexity index is 890. The van der Waals surface area contributed by atoms with Crippen molar-refractivity contribution in [2.24, 2.45) is 0 Å². The number of hydrogen-bond donors (Lipinski definition) is 1. The molecule has 0 fully saturated rings. The van der Waals surface area contributed by atoms with Crippen LogP contribution in [0.25, 0.3) is 0 Å². The maximum atomic E-state index is 12.4. The Hall–Kier alpha value is -2.66. The first kappa shape index (κ1) is 22.0. The van der Waals surface area contributed by atoms with E-state index in [1.165, 1.54) is 0 Å². The summed E-state index contributed by atoms with van der Waals surface area (Å²) in [5, 5.41) is 9.37. The molecule has 0 aromatic heterocycles. The van der Waals surface area contributed by atoms with Gasteiger partial charge in [-0.2, -0.15) is 0 Å². The van der Waals surface area contributed by atoms with Crippen LogP contribution in [0.15, 0.2) is 48.5 Å². The molecule has 1 aliphatic carbocycles. The first-order valence-corrected chi connectivity index (χ1v) is 10.6. The Balaban J connectivity index is 2.17. The molecule has 0 bridgehead atoms. The third kappa shape index (κ3) is 4.73. The minimum atomic E-state index is -1.55. The molecule has 3 rings (SSSR count). The van der Waals surface area contributed by atoms with Gasteiger partial charge in [-0.1, -0.05) is 54.1 Å². The summed E-state index contributed by atoms with van der Waals surface area (Å²) < 4.78 is 5.97. The van der Waals surface area contributed by atoms with Gasteiger partial charge in [0.25, 0.3) is 0 Å². The summed E-state index contributed by atoms with van der Waals surface area (Å²) >= 11 is 0. The number of aryl methyl sites for hydroxylation is 2. The molecule has 2 aromatic carbocycles. The standard InChI is InChI=1S/C25H31NO4/c1-18-12-14-20(15-13-18)22-11-6-9-19-8-4-5-10-21(19)25(22,16-7-17-26(2)3)30-24(29)23(27)28/h4-5,8,10,12-15,22H,6-7,9,11,16-17H2,1-3H3,(H,27,28)/t22-,25+/m1/s1. The molecule has 0 radical (unpaired) electrons. The number of hydrogen-bond acceptors (Lipinski definition) is 4. The van der Waals surface area contributed by atoms with Gasteiger partial charge < -0.3 is 14.7 Å². The average molecular weight is 410 g/mol. The van der Waals surface area contributed by atoms with Gasteiger partial charge in [0.15, 0.2) is 0 Å². The second-order valence-electron chi connectivity index (χ2n) is 8.50. The van der Waals surface area contributed by atoms with Crippen molar-refractivity contribution in [3.63, 3.8) is 0 Å². The number of aliphatic carboxylic acids is 1. The number of carboxylic acid groups (broad SMARTS) is 1. The number of esters is 1. The molecule has 30 heavy (non-hydrogen) atoms. The first-order chi connectivity index (χ1) is 14.3. The molecule has 5 heteroatoms. The monoisotopic (exact) mass is 409 g/mol. The van der Waals surface area contributed by atoms with Crippen LogP contribution in [0.5, 0.6) is 0 Å². The number of fused-ring (bicyclic) bond motifs is 1. The minimum absolute atomic E-state index is 0.104. The zero-order valence-corrected chi connectivity index (χ0v) is 18.1. The van der Waals surface area contributed by atoms with Crippen molar-refractivity contribution >= 4 is 11.9 Å². The number of benzene rings is 2. The summed E-state index contributed by atoms with van der Waals surface area (Å²) in [6, 6.07) is 16.3. The fourth-order valence-corrected chi connectivity index (χ4v) is 4.66. The van der Waals surface area contributed by atoms with E-state index < -0.39 is 17.5 Å². The normalized spacial score (nSPS) is 21.0. The highest BCUT2D eigenvalue weighted by molar-refractivity contribution is 6.28. The fraction of sp³-hybridized carbons (Fsp3) is 0.440. The number of carbonyl (C=O) groups excluding carboxylic acids is 1. The number of nitrogens with zero attached hydrogens (tertiary/aromatic N) is 1. The van der Waals surface area contributed by atoms with Gasteiger partial charge in [0.2, 0.25) is 0 Å². The zero-order chi connectivity index (χ0) is 21.7. The molecule has 0 aliphatic heterocycles. The third-order valence-electron chi connectivity index (χ3n) is 6.06. The van der Waals surface area contributed by atoms with E-state index in [0.29, 0.717) is 6.42 Å². The van der Waals surface area contributed by atoms with Crippen molar-refractivity contribution < 1.29 is 19.4 Å². The van der Waals surface area contributed by atoms with Crippen LogP contribution in [0.2, 0.25) is 0 Å². The van der Waals surface area contributed by atoms with Gasteiger partial charge in [0.1, 0.15) is 5.60 Å². The predicted octanol–water partition coefficient (Wildman–Crippen LogP) is 4.28. The van der Waals surface area contributed by atoms with Crippen molar-refractivity contribution in [3.8, 4) is 0 Å². The molecule has 0 heterocycles. The van der Waals surface area contributed by atoms with Gasteiger partial charge in [-0.25, -0.2) is 9.59 Å². The van der Waals surface area contributed by atoms with E-state index in [1.807, 2.05) is 39.2 Å². The topological polar surface area (TPSA) is 66.8 Å². The largest absolute Gasteiger partial charge is 0.473 e. The average Bonchev–Trinajstić information content (AvgIpc) is 2.86. The molecule has 0 spiro atoms. The fourth-order valence-electron chi connectivity index (χ4n) is 4.66. The van der Waals surface area contributed by atoms with Gasteiger partial charge in [0.05, 0.1) is 0 Å². The van der Waals surface area contributed by atoms with E-state index in [1.54, 1.807) is 0 Å². The molecule has 2 atom stereocenters. The number of ether oxygens (including phenoxy) is 1. The third-order valence-corrected chi connectivity index (χ3v) is 6.06. The highest BCUT2D eigenvalue weighted by Crippen LogP contribution is 2.50. The second-order valence-corrected chi connectivity index (χ2v) is 8.50. The van der Waals surface area contributed by atoms with Crippen LogP contribution in [-0.4, -0.2) is 42.6 Å². The Labute approximate surface area is 178 Å². The lowest BCUT2D eigenvalue weighted by Crippen LogP contribution is -2.41. The molecule has 0 saturated carbocycles. The van der Waals surface area contributed by atoms with Crippen LogP contribution < -0.4 is 0 Å². The van der Waals surface area contributed by atoms with Gasteiger partial charge in [-0.3, -0.25) is 0 Å². The molecular formula is C25H31NO4. The highest BCUT2D eigenvalue weighted by Gasteiger charge is 2.47. The molecule has 0 saturated heterocycles. The van der Waals surface area contributed by atoms with Crippen molar-refractivity contribution in [2.75, 3.05) is 20.6 Å². The first-order valence-electron chi connectivity index (χ1n) is 10.6. The molecule has 1 aliphatic rings. The highest BCUT2D eigenvalue weighted by atomic mass is 16.6. The molecule has 0 amide bonds. The van der Waals surface area contributed by atoms with Crippen LogP contribution in [0.4, 0.5) is 0 Å². The van der Waals surface area contributed by atoms with E-state index in [2.05, 4.69) is 35.2 Å². The van der Waals surface area contributed by atoms with Crippen LogP contribution in [0, 0.1) is 6.92 Å². The summed E-state index contributed by atoms with van der Waals surface area (Å²) in [6.45, 7) is 2.87. The van der Waals surface area contributed by atoms with Crippen LogP contribution in [-0.2, 0) is 26.3 Å². The van der Waals surface area contributed by atoms with Gasteiger partial charge in [0, 0.05) is 5.92 Å². The lowest BCUT2D eigenvalue weighted by Gasteiger charge is -2.41. The molecule has 0 unspecified atom stereocenters. The predicted molar refractivity (Wildman–Crippen MR) is 116 cm³/mol. The van der Waals surface area contributed by atoms with Crippen LogP contribution >= 0.6 is 0 Å². The molecule has 160 valence electrons. The number of carbonyl (C=O) groups is 2. The second kappa shape index (κ2) is 9.43. The summed E-state index contributed by atoms with van der Waals surface area (Å²) in [7, 11) is 4.02. The quantitative estimate of drug-likeness (QED) is 0.438. The Morgan fingerprint density at radius 3 is 2.50 bits per heavy atom. The lowest BCUT2D eigenvalue weighted by molar-refractivity contribution is -0.179. The molecular weight excluding hydrogens is 378 g/mol. The van der Waals surface area contributed by atoms with E-state index in [-0.39, 0.29) is 5.92 Å². The van der Waals surface area contributed by atoms with Gasteiger partial charge in [-0.05, 0) is 76.4 Å². The SMILES string of the molecule is Cc1ccc([C@H]2CCCc3ccccc3[C@]2(CCCN(C)C)OC(=O)C(=O)O)cc1. The Kier molecular flexibility index (Phi) is 6.93. The maximum Gasteiger partial charge on any atom is 0.418 e. The van der Waals surface area contributed by atoms with Crippen molar-refractivity contribution in [3.05, 3.63) is 70.8 Å². The van der Waals surface area contributed by atoms with E-state index in [0.717, 1.165) is 54.5 Å². The lowest BCUT2D eigenvalue weighted by atomic mass is 9.72. The zero-order valence-electron chi connectivity index (χ0n) is 18.1. The summed E-state index contributed by atoms with van der Waals surface area (Å²) in [5.74, 6) is -2.84. The molecule has 5 nitrogen and oxygen atoms in total. The summed E-state index contributed by atoms with van der Waals surface area (Å²) in [4.78, 5) is 26.0. The molecule has 1 N–H and O–H groups in total. The summed E-state index contributed by atoms with van der Waals surface area (Å²) in [6.07, 6.45) is 4.02. The van der Waals surface area contributed by atoms with E-state index in [9.17, 15) is 14.7 Å². The Morgan fingerprint density at radius 1 is 1.13 bits per heavy atom.